The second-order valence-electron chi connectivity index (χ2n) is 3.35. The van der Waals surface area contributed by atoms with E-state index >= 15 is 0 Å². The van der Waals surface area contributed by atoms with Gasteiger partial charge in [-0.25, -0.2) is 4.39 Å². The molecule has 1 aromatic carbocycles. The van der Waals surface area contributed by atoms with Gasteiger partial charge in [0, 0.05) is 0 Å². The molecule has 0 radical (unpaired) electrons. The summed E-state index contributed by atoms with van der Waals surface area (Å²) in [6.45, 7) is 0. The minimum atomic E-state index is -0.447. The van der Waals surface area contributed by atoms with Crippen molar-refractivity contribution in [3.63, 3.8) is 0 Å². The van der Waals surface area contributed by atoms with E-state index in [1.165, 1.54) is 6.07 Å². The van der Waals surface area contributed by atoms with E-state index in [4.69, 9.17) is 11.6 Å². The SMILES string of the molecule is CSCCC(O)Cc1cccc(F)c1Cl. The van der Waals surface area contributed by atoms with Gasteiger partial charge in [0.1, 0.15) is 5.82 Å². The molecule has 0 aliphatic carbocycles. The van der Waals surface area contributed by atoms with Crippen LogP contribution in [0, 0.1) is 5.82 Å². The average molecular weight is 249 g/mol. The van der Waals surface area contributed by atoms with E-state index in [0.717, 1.165) is 5.75 Å². The van der Waals surface area contributed by atoms with Gasteiger partial charge in [0.05, 0.1) is 11.1 Å². The van der Waals surface area contributed by atoms with Crippen molar-refractivity contribution in [3.05, 3.63) is 34.6 Å². The predicted octanol–water partition coefficient (Wildman–Crippen LogP) is 3.14. The monoisotopic (exact) mass is 248 g/mol. The van der Waals surface area contributed by atoms with E-state index in [2.05, 4.69) is 0 Å². The van der Waals surface area contributed by atoms with Crippen molar-refractivity contribution in [2.45, 2.75) is 18.9 Å². The number of thioether (sulfide) groups is 1. The van der Waals surface area contributed by atoms with Gasteiger partial charge >= 0.3 is 0 Å². The van der Waals surface area contributed by atoms with Gasteiger partial charge in [0.25, 0.3) is 0 Å². The smallest absolute Gasteiger partial charge is 0.142 e. The van der Waals surface area contributed by atoms with Crippen molar-refractivity contribution >= 4 is 23.4 Å². The van der Waals surface area contributed by atoms with Crippen LogP contribution in [0.1, 0.15) is 12.0 Å². The maximum absolute atomic E-state index is 13.1. The van der Waals surface area contributed by atoms with Crippen LogP contribution in [0.5, 0.6) is 0 Å². The van der Waals surface area contributed by atoms with E-state index < -0.39 is 11.9 Å². The lowest BCUT2D eigenvalue weighted by molar-refractivity contribution is 0.172. The number of hydrogen-bond acceptors (Lipinski definition) is 2. The number of hydrogen-bond donors (Lipinski definition) is 1. The van der Waals surface area contributed by atoms with Crippen molar-refractivity contribution in [1.82, 2.24) is 0 Å². The van der Waals surface area contributed by atoms with E-state index in [1.54, 1.807) is 23.9 Å². The molecule has 0 heterocycles. The first-order chi connectivity index (χ1) is 7.15. The molecule has 1 aromatic rings. The maximum Gasteiger partial charge on any atom is 0.142 e. The van der Waals surface area contributed by atoms with Gasteiger partial charge in [-0.15, -0.1) is 0 Å². The molecule has 0 fully saturated rings. The van der Waals surface area contributed by atoms with Crippen molar-refractivity contribution in [3.8, 4) is 0 Å². The number of halogens is 2. The van der Waals surface area contributed by atoms with Gasteiger partial charge in [-0.1, -0.05) is 23.7 Å². The molecule has 0 aliphatic heterocycles. The zero-order chi connectivity index (χ0) is 11.3. The van der Waals surface area contributed by atoms with E-state index in [1.807, 2.05) is 6.26 Å². The summed E-state index contributed by atoms with van der Waals surface area (Å²) < 4.78 is 13.1. The van der Waals surface area contributed by atoms with E-state index in [9.17, 15) is 9.50 Å². The third-order valence-electron chi connectivity index (χ3n) is 2.14. The first-order valence-corrected chi connectivity index (χ1v) is 6.52. The lowest BCUT2D eigenvalue weighted by atomic mass is 10.1. The normalized spacial score (nSPS) is 12.8. The van der Waals surface area contributed by atoms with Gasteiger partial charge in [-0.3, -0.25) is 0 Å². The number of aliphatic hydroxyl groups is 1. The quantitative estimate of drug-likeness (QED) is 0.864. The van der Waals surface area contributed by atoms with Crippen LogP contribution in [-0.4, -0.2) is 23.2 Å². The number of benzene rings is 1. The Morgan fingerprint density at radius 3 is 2.93 bits per heavy atom. The van der Waals surface area contributed by atoms with Crippen LogP contribution in [-0.2, 0) is 6.42 Å². The third kappa shape index (κ3) is 4.01. The summed E-state index contributed by atoms with van der Waals surface area (Å²) >= 11 is 7.46. The molecule has 1 unspecified atom stereocenters. The second kappa shape index (κ2) is 6.36. The molecular weight excluding hydrogens is 235 g/mol. The van der Waals surface area contributed by atoms with Gasteiger partial charge in [0.2, 0.25) is 0 Å². The van der Waals surface area contributed by atoms with Crippen LogP contribution >= 0.6 is 23.4 Å². The van der Waals surface area contributed by atoms with E-state index in [-0.39, 0.29) is 5.02 Å². The molecule has 0 saturated carbocycles. The average Bonchev–Trinajstić information content (AvgIpc) is 2.22. The highest BCUT2D eigenvalue weighted by Crippen LogP contribution is 2.21. The Labute approximate surface area is 98.6 Å². The summed E-state index contributed by atoms with van der Waals surface area (Å²) in [6, 6.07) is 4.67. The Bertz CT molecular complexity index is 319. The molecule has 84 valence electrons. The van der Waals surface area contributed by atoms with E-state index in [0.29, 0.717) is 18.4 Å². The predicted molar refractivity (Wildman–Crippen MR) is 64.1 cm³/mol. The lowest BCUT2D eigenvalue weighted by Crippen LogP contribution is -2.12. The zero-order valence-corrected chi connectivity index (χ0v) is 10.1. The van der Waals surface area contributed by atoms with Crippen LogP contribution in [0.15, 0.2) is 18.2 Å². The van der Waals surface area contributed by atoms with Crippen LogP contribution in [0.25, 0.3) is 0 Å². The fraction of sp³-hybridized carbons (Fsp3) is 0.455. The van der Waals surface area contributed by atoms with Gasteiger partial charge in [-0.2, -0.15) is 11.8 Å². The Morgan fingerprint density at radius 1 is 1.53 bits per heavy atom. The molecule has 0 aromatic heterocycles. The van der Waals surface area contributed by atoms with Gasteiger partial charge < -0.3 is 5.11 Å². The minimum absolute atomic E-state index is 0.126. The molecular formula is C11H14ClFOS. The number of rotatable bonds is 5. The summed E-state index contributed by atoms with van der Waals surface area (Å²) in [5.41, 5.74) is 0.672. The highest BCUT2D eigenvalue weighted by atomic mass is 35.5. The molecule has 0 amide bonds. The highest BCUT2D eigenvalue weighted by Gasteiger charge is 2.10. The highest BCUT2D eigenvalue weighted by molar-refractivity contribution is 7.98. The fourth-order valence-corrected chi connectivity index (χ4v) is 2.03. The number of aliphatic hydroxyl groups excluding tert-OH is 1. The molecule has 1 atom stereocenters. The molecule has 15 heavy (non-hydrogen) atoms. The summed E-state index contributed by atoms with van der Waals surface area (Å²) in [6.07, 6.45) is 2.66. The van der Waals surface area contributed by atoms with Crippen LogP contribution in [0.3, 0.4) is 0 Å². The Kier molecular flexibility index (Phi) is 5.43. The fourth-order valence-electron chi connectivity index (χ4n) is 1.32. The Hall–Kier alpha value is -0.250. The Morgan fingerprint density at radius 2 is 2.27 bits per heavy atom. The standard InChI is InChI=1S/C11H14ClFOS/c1-15-6-5-9(14)7-8-3-2-4-10(13)11(8)12/h2-4,9,14H,5-7H2,1H3. The largest absolute Gasteiger partial charge is 0.393 e. The minimum Gasteiger partial charge on any atom is -0.393 e. The molecule has 1 N–H and O–H groups in total. The molecule has 1 nitrogen and oxygen atoms in total. The first-order valence-electron chi connectivity index (χ1n) is 4.75. The molecule has 4 heteroatoms. The summed E-state index contributed by atoms with van der Waals surface area (Å²) in [4.78, 5) is 0. The molecule has 0 spiro atoms. The van der Waals surface area contributed by atoms with Crippen molar-refractivity contribution < 1.29 is 9.50 Å². The van der Waals surface area contributed by atoms with Crippen molar-refractivity contribution in [1.29, 1.82) is 0 Å². The Balaban J connectivity index is 2.60. The van der Waals surface area contributed by atoms with Crippen LogP contribution < -0.4 is 0 Å². The summed E-state index contributed by atoms with van der Waals surface area (Å²) in [7, 11) is 0. The topological polar surface area (TPSA) is 20.2 Å². The maximum atomic E-state index is 13.1. The molecule has 0 saturated heterocycles. The molecule has 0 aliphatic rings. The lowest BCUT2D eigenvalue weighted by Gasteiger charge is -2.11. The zero-order valence-electron chi connectivity index (χ0n) is 8.54. The second-order valence-corrected chi connectivity index (χ2v) is 4.72. The molecule has 1 rings (SSSR count). The molecule has 0 bridgehead atoms. The van der Waals surface area contributed by atoms with Crippen LogP contribution in [0.2, 0.25) is 5.02 Å². The summed E-state index contributed by atoms with van der Waals surface area (Å²) in [5, 5.41) is 9.78. The third-order valence-corrected chi connectivity index (χ3v) is 3.21. The van der Waals surface area contributed by atoms with Crippen molar-refractivity contribution in [2.24, 2.45) is 0 Å². The first kappa shape index (κ1) is 12.8. The van der Waals surface area contributed by atoms with Gasteiger partial charge in [0.15, 0.2) is 0 Å². The van der Waals surface area contributed by atoms with Crippen LogP contribution in [0.4, 0.5) is 4.39 Å². The summed E-state index contributed by atoms with van der Waals surface area (Å²) in [5.74, 6) is 0.472. The van der Waals surface area contributed by atoms with Crippen molar-refractivity contribution in [2.75, 3.05) is 12.0 Å². The van der Waals surface area contributed by atoms with Gasteiger partial charge in [-0.05, 0) is 36.5 Å².